The minimum atomic E-state index is -0.482. The molecule has 2 aromatic carbocycles. The molecule has 3 heteroatoms. The summed E-state index contributed by atoms with van der Waals surface area (Å²) in [5, 5.41) is 2.98. The Morgan fingerprint density at radius 3 is 2.28 bits per heavy atom. The second kappa shape index (κ2) is 8.19. The molecule has 0 heterocycles. The Bertz CT molecular complexity index is 699. The van der Waals surface area contributed by atoms with Crippen molar-refractivity contribution in [2.24, 2.45) is 0 Å². The van der Waals surface area contributed by atoms with Crippen molar-refractivity contribution in [3.63, 3.8) is 0 Å². The molecule has 0 aliphatic heterocycles. The molecule has 1 amide bonds. The van der Waals surface area contributed by atoms with E-state index in [9.17, 15) is 4.79 Å². The van der Waals surface area contributed by atoms with Gasteiger partial charge in [-0.05, 0) is 47.6 Å². The van der Waals surface area contributed by atoms with Crippen LogP contribution in [0.4, 0.5) is 0 Å². The van der Waals surface area contributed by atoms with E-state index in [1.165, 1.54) is 11.1 Å². The maximum Gasteiger partial charge on any atom is 0.261 e. The first-order chi connectivity index (χ1) is 11.8. The van der Waals surface area contributed by atoms with Gasteiger partial charge in [-0.2, -0.15) is 0 Å². The highest BCUT2D eigenvalue weighted by Gasteiger charge is 2.19. The predicted molar refractivity (Wildman–Crippen MR) is 103 cm³/mol. The molecular weight excluding hydrogens is 310 g/mol. The molecule has 2 aromatic rings. The first-order valence-electron chi connectivity index (χ1n) is 8.90. The van der Waals surface area contributed by atoms with Crippen LogP contribution in [0.25, 0.3) is 0 Å². The van der Waals surface area contributed by atoms with Gasteiger partial charge >= 0.3 is 0 Å². The van der Waals surface area contributed by atoms with Crippen molar-refractivity contribution in [3.8, 4) is 5.75 Å². The predicted octanol–water partition coefficient (Wildman–Crippen LogP) is 4.77. The van der Waals surface area contributed by atoms with Crippen molar-refractivity contribution in [2.75, 3.05) is 0 Å². The van der Waals surface area contributed by atoms with Crippen LogP contribution < -0.4 is 10.1 Å². The topological polar surface area (TPSA) is 38.3 Å². The van der Waals surface area contributed by atoms with E-state index in [1.807, 2.05) is 50.2 Å². The molecule has 0 saturated heterocycles. The fourth-order valence-corrected chi connectivity index (χ4v) is 2.62. The van der Waals surface area contributed by atoms with Crippen LogP contribution in [0.5, 0.6) is 5.75 Å². The van der Waals surface area contributed by atoms with Crippen LogP contribution in [0.1, 0.15) is 50.8 Å². The van der Waals surface area contributed by atoms with E-state index in [0.29, 0.717) is 13.0 Å². The molecule has 0 unspecified atom stereocenters. The van der Waals surface area contributed by atoms with Gasteiger partial charge in [0.15, 0.2) is 6.10 Å². The van der Waals surface area contributed by atoms with Crippen LogP contribution in [-0.2, 0) is 16.8 Å². The summed E-state index contributed by atoms with van der Waals surface area (Å²) in [7, 11) is 0. The van der Waals surface area contributed by atoms with E-state index in [2.05, 4.69) is 38.2 Å². The zero-order valence-electron chi connectivity index (χ0n) is 15.9. The summed E-state index contributed by atoms with van der Waals surface area (Å²) >= 11 is 0. The number of ether oxygens (including phenoxy) is 1. The molecule has 1 N–H and O–H groups in total. The van der Waals surface area contributed by atoms with Crippen LogP contribution in [0.2, 0.25) is 0 Å². The molecule has 0 bridgehead atoms. The van der Waals surface area contributed by atoms with Crippen LogP contribution in [-0.4, -0.2) is 12.0 Å². The molecule has 2 rings (SSSR count). The molecular formula is C22H29NO2. The molecule has 0 radical (unpaired) electrons. The summed E-state index contributed by atoms with van der Waals surface area (Å²) in [5.74, 6) is 0.650. The number of benzene rings is 2. The van der Waals surface area contributed by atoms with Crippen LogP contribution in [0.15, 0.2) is 48.5 Å². The molecule has 1 atom stereocenters. The monoisotopic (exact) mass is 339 g/mol. The normalized spacial score (nSPS) is 12.5. The number of carbonyl (C=O) groups excluding carboxylic acids is 1. The highest BCUT2D eigenvalue weighted by atomic mass is 16.5. The SMILES string of the molecule is CC[C@@H](Oc1ccc(C(C)(C)C)cc1)C(=O)NCc1ccccc1C. The quantitative estimate of drug-likeness (QED) is 0.823. The first-order valence-corrected chi connectivity index (χ1v) is 8.90. The van der Waals surface area contributed by atoms with E-state index in [1.54, 1.807) is 0 Å². The molecule has 25 heavy (non-hydrogen) atoms. The zero-order chi connectivity index (χ0) is 18.4. The van der Waals surface area contributed by atoms with Gasteiger partial charge in [0.05, 0.1) is 0 Å². The standard InChI is InChI=1S/C22H29NO2/c1-6-20(21(24)23-15-17-10-8-7-9-16(17)2)25-19-13-11-18(12-14-19)22(3,4)5/h7-14,20H,6,15H2,1-5H3,(H,23,24)/t20-/m1/s1. The van der Waals surface area contributed by atoms with Crippen molar-refractivity contribution < 1.29 is 9.53 Å². The minimum absolute atomic E-state index is 0.0781. The van der Waals surface area contributed by atoms with E-state index in [4.69, 9.17) is 4.74 Å². The number of amides is 1. The molecule has 0 aliphatic carbocycles. The molecule has 0 saturated carbocycles. The third-order valence-corrected chi connectivity index (χ3v) is 4.38. The molecule has 0 aliphatic rings. The van der Waals surface area contributed by atoms with Gasteiger partial charge in [-0.15, -0.1) is 0 Å². The van der Waals surface area contributed by atoms with Gasteiger partial charge < -0.3 is 10.1 Å². The number of hydrogen-bond donors (Lipinski definition) is 1. The Morgan fingerprint density at radius 2 is 1.72 bits per heavy atom. The van der Waals surface area contributed by atoms with Gasteiger partial charge in [0.2, 0.25) is 0 Å². The maximum absolute atomic E-state index is 12.5. The van der Waals surface area contributed by atoms with Crippen molar-refractivity contribution in [3.05, 3.63) is 65.2 Å². The van der Waals surface area contributed by atoms with E-state index in [0.717, 1.165) is 11.3 Å². The lowest BCUT2D eigenvalue weighted by Crippen LogP contribution is -2.37. The number of nitrogens with one attached hydrogen (secondary N) is 1. The number of carbonyl (C=O) groups is 1. The highest BCUT2D eigenvalue weighted by Crippen LogP contribution is 2.25. The summed E-state index contributed by atoms with van der Waals surface area (Å²) in [4.78, 5) is 12.5. The lowest BCUT2D eigenvalue weighted by Gasteiger charge is -2.21. The molecule has 0 spiro atoms. The lowest BCUT2D eigenvalue weighted by molar-refractivity contribution is -0.128. The Morgan fingerprint density at radius 1 is 1.08 bits per heavy atom. The Balaban J connectivity index is 1.97. The van der Waals surface area contributed by atoms with Gasteiger partial charge in [-0.25, -0.2) is 0 Å². The van der Waals surface area contributed by atoms with Crippen molar-refractivity contribution in [1.29, 1.82) is 0 Å². The molecule has 0 fully saturated rings. The number of rotatable bonds is 6. The van der Waals surface area contributed by atoms with Crippen LogP contribution in [0.3, 0.4) is 0 Å². The Labute approximate surface area is 151 Å². The maximum atomic E-state index is 12.5. The number of hydrogen-bond acceptors (Lipinski definition) is 2. The largest absolute Gasteiger partial charge is 0.481 e. The smallest absolute Gasteiger partial charge is 0.261 e. The van der Waals surface area contributed by atoms with E-state index in [-0.39, 0.29) is 11.3 Å². The third kappa shape index (κ3) is 5.35. The minimum Gasteiger partial charge on any atom is -0.481 e. The van der Waals surface area contributed by atoms with Crippen molar-refractivity contribution in [2.45, 2.75) is 59.1 Å². The van der Waals surface area contributed by atoms with Gasteiger partial charge in [-0.3, -0.25) is 4.79 Å². The van der Waals surface area contributed by atoms with Crippen LogP contribution >= 0.6 is 0 Å². The average molecular weight is 339 g/mol. The second-order valence-electron chi connectivity index (χ2n) is 7.43. The van der Waals surface area contributed by atoms with E-state index < -0.39 is 6.10 Å². The summed E-state index contributed by atoms with van der Waals surface area (Å²) in [5.41, 5.74) is 3.65. The van der Waals surface area contributed by atoms with Gasteiger partial charge in [0, 0.05) is 6.54 Å². The Hall–Kier alpha value is -2.29. The highest BCUT2D eigenvalue weighted by molar-refractivity contribution is 5.81. The zero-order valence-corrected chi connectivity index (χ0v) is 15.9. The fraction of sp³-hybridized carbons (Fsp3) is 0.409. The molecule has 134 valence electrons. The lowest BCUT2D eigenvalue weighted by atomic mass is 9.87. The van der Waals surface area contributed by atoms with Crippen molar-refractivity contribution in [1.82, 2.24) is 5.32 Å². The summed E-state index contributed by atoms with van der Waals surface area (Å²) in [6.07, 6.45) is 0.144. The third-order valence-electron chi connectivity index (χ3n) is 4.38. The summed E-state index contributed by atoms with van der Waals surface area (Å²) in [6.45, 7) is 11.1. The Kier molecular flexibility index (Phi) is 6.24. The summed E-state index contributed by atoms with van der Waals surface area (Å²) in [6, 6.07) is 16.1. The molecule has 3 nitrogen and oxygen atoms in total. The second-order valence-corrected chi connectivity index (χ2v) is 7.43. The van der Waals surface area contributed by atoms with Crippen molar-refractivity contribution >= 4 is 5.91 Å². The molecule has 0 aromatic heterocycles. The van der Waals surface area contributed by atoms with Gasteiger partial charge in [0.1, 0.15) is 5.75 Å². The van der Waals surface area contributed by atoms with Crippen LogP contribution in [0, 0.1) is 6.92 Å². The van der Waals surface area contributed by atoms with E-state index >= 15 is 0 Å². The van der Waals surface area contributed by atoms with Gasteiger partial charge in [0.25, 0.3) is 5.91 Å². The first kappa shape index (κ1) is 19.0. The number of aryl methyl sites for hydroxylation is 1. The van der Waals surface area contributed by atoms with Gasteiger partial charge in [-0.1, -0.05) is 64.1 Å². The summed E-state index contributed by atoms with van der Waals surface area (Å²) < 4.78 is 5.90. The fourth-order valence-electron chi connectivity index (χ4n) is 2.62. The average Bonchev–Trinajstić information content (AvgIpc) is 2.58.